The Balaban J connectivity index is 2.28. The molecule has 0 heterocycles. The molecule has 0 aliphatic heterocycles. The molecule has 0 fully saturated rings. The van der Waals surface area contributed by atoms with Crippen LogP contribution < -0.4 is 10.1 Å². The summed E-state index contributed by atoms with van der Waals surface area (Å²) in [5.74, 6) is 1.66. The van der Waals surface area contributed by atoms with Crippen molar-refractivity contribution in [3.63, 3.8) is 0 Å². The zero-order valence-electron chi connectivity index (χ0n) is 11.2. The van der Waals surface area contributed by atoms with Crippen molar-refractivity contribution in [2.75, 3.05) is 19.9 Å². The van der Waals surface area contributed by atoms with E-state index >= 15 is 0 Å². The molecule has 1 aliphatic rings. The van der Waals surface area contributed by atoms with Crippen molar-refractivity contribution in [2.45, 2.75) is 31.1 Å². The van der Waals surface area contributed by atoms with Crippen LogP contribution >= 0.6 is 0 Å². The second kappa shape index (κ2) is 5.85. The Hall–Kier alpha value is -0.870. The van der Waals surface area contributed by atoms with Crippen LogP contribution in [-0.4, -0.2) is 29.4 Å². The van der Waals surface area contributed by atoms with Crippen LogP contribution in [0.2, 0.25) is 0 Å². The van der Waals surface area contributed by atoms with Gasteiger partial charge in [0.05, 0.1) is 12.4 Å². The minimum atomic E-state index is -0.763. The summed E-state index contributed by atoms with van der Waals surface area (Å²) in [4.78, 5) is 0. The van der Waals surface area contributed by atoms with Gasteiger partial charge in [0.1, 0.15) is 5.75 Å². The Kier molecular flexibility index (Phi) is 4.40. The molecule has 3 unspecified atom stereocenters. The Morgan fingerprint density at radius 3 is 2.89 bits per heavy atom. The van der Waals surface area contributed by atoms with Crippen LogP contribution in [0.4, 0.5) is 0 Å². The van der Waals surface area contributed by atoms with Crippen LogP contribution in [0, 0.1) is 0 Å². The molecular weight excluding hydrogens is 246 g/mol. The van der Waals surface area contributed by atoms with Crippen molar-refractivity contribution < 1.29 is 8.95 Å². The quantitative estimate of drug-likeness (QED) is 0.887. The first kappa shape index (κ1) is 13.6. The molecule has 0 amide bonds. The van der Waals surface area contributed by atoms with Gasteiger partial charge in [-0.3, -0.25) is 4.21 Å². The molecule has 0 bridgehead atoms. The number of methoxy groups -OCH3 is 1. The average Bonchev–Trinajstić information content (AvgIpc) is 2.76. The Morgan fingerprint density at radius 1 is 1.50 bits per heavy atom. The Bertz CT molecular complexity index is 447. The fourth-order valence-electron chi connectivity index (χ4n) is 2.65. The maximum atomic E-state index is 12.3. The van der Waals surface area contributed by atoms with Gasteiger partial charge in [0.25, 0.3) is 0 Å². The summed E-state index contributed by atoms with van der Waals surface area (Å²) in [6.07, 6.45) is 1.87. The molecule has 100 valence electrons. The fraction of sp³-hybridized carbons (Fsp3) is 0.571. The Labute approximate surface area is 111 Å². The van der Waals surface area contributed by atoms with Crippen LogP contribution in [0.5, 0.6) is 5.75 Å². The van der Waals surface area contributed by atoms with Crippen molar-refractivity contribution in [3.8, 4) is 5.75 Å². The number of hydrogen-bond acceptors (Lipinski definition) is 3. The molecule has 1 N–H and O–H groups in total. The third kappa shape index (κ3) is 2.45. The minimum absolute atomic E-state index is 0.183. The van der Waals surface area contributed by atoms with Crippen molar-refractivity contribution >= 4 is 10.8 Å². The number of nitrogens with one attached hydrogen (secondary N) is 1. The lowest BCUT2D eigenvalue weighted by Crippen LogP contribution is -2.30. The molecule has 2 rings (SSSR count). The summed E-state index contributed by atoms with van der Waals surface area (Å²) in [6.45, 7) is 2.08. The average molecular weight is 267 g/mol. The number of rotatable bonds is 5. The highest BCUT2D eigenvalue weighted by atomic mass is 32.2. The van der Waals surface area contributed by atoms with Gasteiger partial charge in [-0.2, -0.15) is 0 Å². The summed E-state index contributed by atoms with van der Waals surface area (Å²) in [5.41, 5.74) is 2.54. The van der Waals surface area contributed by atoms with E-state index in [1.807, 2.05) is 13.1 Å². The van der Waals surface area contributed by atoms with Gasteiger partial charge in [-0.05, 0) is 43.1 Å². The van der Waals surface area contributed by atoms with E-state index in [0.29, 0.717) is 0 Å². The van der Waals surface area contributed by atoms with E-state index in [2.05, 4.69) is 24.4 Å². The molecule has 0 radical (unpaired) electrons. The highest BCUT2D eigenvalue weighted by Gasteiger charge is 2.35. The zero-order chi connectivity index (χ0) is 13.1. The third-order valence-electron chi connectivity index (χ3n) is 3.53. The molecule has 1 aliphatic carbocycles. The van der Waals surface area contributed by atoms with Gasteiger partial charge in [-0.1, -0.05) is 13.0 Å². The number of benzene rings is 1. The van der Waals surface area contributed by atoms with Gasteiger partial charge >= 0.3 is 0 Å². The predicted molar refractivity (Wildman–Crippen MR) is 75.6 cm³/mol. The highest BCUT2D eigenvalue weighted by molar-refractivity contribution is 7.85. The van der Waals surface area contributed by atoms with Crippen molar-refractivity contribution in [1.29, 1.82) is 0 Å². The smallest absolute Gasteiger partial charge is 0.119 e. The third-order valence-corrected chi connectivity index (χ3v) is 5.46. The van der Waals surface area contributed by atoms with E-state index < -0.39 is 10.8 Å². The normalized spacial score (nSPS) is 23.7. The molecule has 0 saturated carbocycles. The second-order valence-corrected chi connectivity index (χ2v) is 6.43. The first-order valence-electron chi connectivity index (χ1n) is 6.42. The van der Waals surface area contributed by atoms with Crippen LogP contribution in [0.25, 0.3) is 0 Å². The van der Waals surface area contributed by atoms with Gasteiger partial charge in [0, 0.05) is 22.6 Å². The molecular formula is C14H21NO2S. The van der Waals surface area contributed by atoms with Crippen LogP contribution in [-0.2, 0) is 17.2 Å². The summed E-state index contributed by atoms with van der Waals surface area (Å²) in [5, 5.41) is 3.50. The monoisotopic (exact) mass is 267 g/mol. The first-order chi connectivity index (χ1) is 8.71. The van der Waals surface area contributed by atoms with Crippen molar-refractivity contribution in [3.05, 3.63) is 29.3 Å². The topological polar surface area (TPSA) is 38.3 Å². The maximum Gasteiger partial charge on any atom is 0.119 e. The van der Waals surface area contributed by atoms with Gasteiger partial charge in [-0.25, -0.2) is 0 Å². The predicted octanol–water partition coefficient (Wildman–Crippen LogP) is 2.04. The van der Waals surface area contributed by atoms with Crippen molar-refractivity contribution in [1.82, 2.24) is 5.32 Å². The molecule has 0 saturated heterocycles. The largest absolute Gasteiger partial charge is 0.497 e. The zero-order valence-corrected chi connectivity index (χ0v) is 12.0. The van der Waals surface area contributed by atoms with Gasteiger partial charge in [-0.15, -0.1) is 0 Å². The molecule has 1 aromatic carbocycles. The van der Waals surface area contributed by atoms with Crippen LogP contribution in [0.15, 0.2) is 18.2 Å². The SMILES string of the molecule is CCCS(=O)C1Cc2ccc(OC)cc2C1NC. The minimum Gasteiger partial charge on any atom is -0.497 e. The standard InChI is InChI=1S/C14H21NO2S/c1-4-7-18(16)13-8-10-5-6-11(17-3)9-12(10)14(13)15-2/h5-6,9,13-15H,4,7-8H2,1-3H3. The lowest BCUT2D eigenvalue weighted by molar-refractivity contribution is 0.413. The molecule has 0 aromatic heterocycles. The van der Waals surface area contributed by atoms with E-state index in [1.165, 1.54) is 11.1 Å². The molecule has 0 spiro atoms. The number of ether oxygens (including phenoxy) is 1. The molecule has 1 aromatic rings. The van der Waals surface area contributed by atoms with E-state index in [-0.39, 0.29) is 11.3 Å². The number of fused-ring (bicyclic) bond motifs is 1. The Morgan fingerprint density at radius 2 is 2.28 bits per heavy atom. The summed E-state index contributed by atoms with van der Waals surface area (Å²) in [7, 11) is 2.85. The van der Waals surface area contributed by atoms with Crippen LogP contribution in [0.1, 0.15) is 30.5 Å². The van der Waals surface area contributed by atoms with E-state index in [9.17, 15) is 4.21 Å². The first-order valence-corrected chi connectivity index (χ1v) is 7.80. The summed E-state index contributed by atoms with van der Waals surface area (Å²) < 4.78 is 17.5. The molecule has 18 heavy (non-hydrogen) atoms. The maximum absolute atomic E-state index is 12.3. The van der Waals surface area contributed by atoms with Gasteiger partial charge in [0.15, 0.2) is 0 Å². The lowest BCUT2D eigenvalue weighted by atomic mass is 10.1. The summed E-state index contributed by atoms with van der Waals surface area (Å²) in [6, 6.07) is 6.33. The molecule has 3 nitrogen and oxygen atoms in total. The highest BCUT2D eigenvalue weighted by Crippen LogP contribution is 2.36. The molecule has 3 atom stereocenters. The summed E-state index contributed by atoms with van der Waals surface area (Å²) >= 11 is 0. The second-order valence-electron chi connectivity index (χ2n) is 4.66. The van der Waals surface area contributed by atoms with E-state index in [4.69, 9.17) is 4.74 Å². The van der Waals surface area contributed by atoms with E-state index in [0.717, 1.165) is 24.3 Å². The van der Waals surface area contributed by atoms with Gasteiger partial charge in [0.2, 0.25) is 0 Å². The fourth-order valence-corrected chi connectivity index (χ4v) is 4.31. The van der Waals surface area contributed by atoms with E-state index in [1.54, 1.807) is 7.11 Å². The molecule has 4 heteroatoms. The number of hydrogen-bond donors (Lipinski definition) is 1. The lowest BCUT2D eigenvalue weighted by Gasteiger charge is -2.19. The van der Waals surface area contributed by atoms with Gasteiger partial charge < -0.3 is 10.1 Å². The van der Waals surface area contributed by atoms with Crippen LogP contribution in [0.3, 0.4) is 0 Å². The van der Waals surface area contributed by atoms with Crippen molar-refractivity contribution in [2.24, 2.45) is 0 Å².